The lowest BCUT2D eigenvalue weighted by Crippen LogP contribution is -2.37. The molecular formula is C17H29N5O. The van der Waals surface area contributed by atoms with Crippen LogP contribution in [0.15, 0.2) is 0 Å². The zero-order valence-corrected chi connectivity index (χ0v) is 15.0. The number of amides is 1. The number of rotatable bonds is 5. The highest BCUT2D eigenvalue weighted by atomic mass is 16.2. The average molecular weight is 319 g/mol. The second-order valence-electron chi connectivity index (χ2n) is 6.46. The fraction of sp³-hybridized carbons (Fsp3) is 0.706. The highest BCUT2D eigenvalue weighted by Crippen LogP contribution is 2.24. The Hall–Kier alpha value is -1.69. The molecule has 0 unspecified atom stereocenters. The molecule has 0 saturated carbocycles. The summed E-state index contributed by atoms with van der Waals surface area (Å²) in [7, 11) is 1.84. The quantitative estimate of drug-likeness (QED) is 0.897. The van der Waals surface area contributed by atoms with Crippen LogP contribution in [-0.2, 0) is 0 Å². The number of anilines is 1. The third-order valence-electron chi connectivity index (χ3n) is 4.89. The van der Waals surface area contributed by atoms with E-state index in [9.17, 15) is 4.79 Å². The first kappa shape index (κ1) is 17.7. The van der Waals surface area contributed by atoms with Crippen LogP contribution < -0.4 is 10.6 Å². The van der Waals surface area contributed by atoms with Crippen LogP contribution in [0, 0.1) is 13.8 Å². The van der Waals surface area contributed by atoms with E-state index in [4.69, 9.17) is 5.73 Å². The van der Waals surface area contributed by atoms with Crippen molar-refractivity contribution in [2.75, 3.05) is 25.0 Å². The summed E-state index contributed by atoms with van der Waals surface area (Å²) in [6.45, 7) is 9.80. The summed E-state index contributed by atoms with van der Waals surface area (Å²) < 4.78 is 0. The Balaban J connectivity index is 2.33. The lowest BCUT2D eigenvalue weighted by atomic mass is 10.1. The van der Waals surface area contributed by atoms with Crippen molar-refractivity contribution < 1.29 is 4.79 Å². The standard InChI is InChI=1S/C17H29N5O/c1-6-14(7-2)21(5)17(23)15-19-12(4)11(3)16(20-15)22-9-8-13(18)10-22/h13-14H,6-10,18H2,1-5H3/t13-/m1/s1. The molecular weight excluding hydrogens is 290 g/mol. The van der Waals surface area contributed by atoms with Gasteiger partial charge in [-0.25, -0.2) is 9.97 Å². The normalized spacial score (nSPS) is 17.9. The zero-order chi connectivity index (χ0) is 17.1. The van der Waals surface area contributed by atoms with E-state index in [2.05, 4.69) is 28.7 Å². The minimum absolute atomic E-state index is 0.105. The third-order valence-corrected chi connectivity index (χ3v) is 4.89. The van der Waals surface area contributed by atoms with Crippen molar-refractivity contribution in [3.63, 3.8) is 0 Å². The smallest absolute Gasteiger partial charge is 0.291 e. The number of nitrogens with two attached hydrogens (primary N) is 1. The molecule has 0 radical (unpaired) electrons. The van der Waals surface area contributed by atoms with Crippen LogP contribution in [0.2, 0.25) is 0 Å². The van der Waals surface area contributed by atoms with Crippen molar-refractivity contribution in [2.45, 2.75) is 59.0 Å². The van der Waals surface area contributed by atoms with Crippen LogP contribution in [0.25, 0.3) is 0 Å². The molecule has 1 aromatic heterocycles. The average Bonchev–Trinajstić information content (AvgIpc) is 2.96. The van der Waals surface area contributed by atoms with Crippen molar-refractivity contribution in [1.29, 1.82) is 0 Å². The Morgan fingerprint density at radius 3 is 2.52 bits per heavy atom. The number of nitrogens with zero attached hydrogens (tertiary/aromatic N) is 4. The molecule has 23 heavy (non-hydrogen) atoms. The summed E-state index contributed by atoms with van der Waals surface area (Å²) >= 11 is 0. The number of hydrogen-bond donors (Lipinski definition) is 1. The predicted molar refractivity (Wildman–Crippen MR) is 92.8 cm³/mol. The largest absolute Gasteiger partial charge is 0.355 e. The summed E-state index contributed by atoms with van der Waals surface area (Å²) in [4.78, 5) is 25.7. The highest BCUT2D eigenvalue weighted by molar-refractivity contribution is 5.91. The van der Waals surface area contributed by atoms with Crippen LogP contribution in [0.4, 0.5) is 5.82 Å². The van der Waals surface area contributed by atoms with Crippen LogP contribution >= 0.6 is 0 Å². The van der Waals surface area contributed by atoms with Crippen molar-refractivity contribution >= 4 is 11.7 Å². The Kier molecular flexibility index (Phi) is 5.57. The Morgan fingerprint density at radius 2 is 2.00 bits per heavy atom. The van der Waals surface area contributed by atoms with Gasteiger partial charge in [-0.05, 0) is 33.1 Å². The number of aromatic nitrogens is 2. The van der Waals surface area contributed by atoms with E-state index >= 15 is 0 Å². The molecule has 1 aromatic rings. The molecule has 6 heteroatoms. The molecule has 1 atom stereocenters. The van der Waals surface area contributed by atoms with E-state index in [-0.39, 0.29) is 23.8 Å². The Labute approximate surface area is 139 Å². The van der Waals surface area contributed by atoms with Gasteiger partial charge in [-0.1, -0.05) is 13.8 Å². The minimum atomic E-state index is -0.105. The topological polar surface area (TPSA) is 75.4 Å². The zero-order valence-electron chi connectivity index (χ0n) is 15.0. The third kappa shape index (κ3) is 3.63. The number of hydrogen-bond acceptors (Lipinski definition) is 5. The van der Waals surface area contributed by atoms with Gasteiger partial charge in [-0.15, -0.1) is 0 Å². The molecule has 0 aliphatic carbocycles. The predicted octanol–water partition coefficient (Wildman–Crippen LogP) is 1.89. The van der Waals surface area contributed by atoms with Gasteiger partial charge in [-0.3, -0.25) is 4.79 Å². The fourth-order valence-corrected chi connectivity index (χ4v) is 3.16. The summed E-state index contributed by atoms with van der Waals surface area (Å²) in [5.41, 5.74) is 7.90. The van der Waals surface area contributed by atoms with E-state index < -0.39 is 0 Å². The van der Waals surface area contributed by atoms with Gasteiger partial charge in [0, 0.05) is 43.5 Å². The second kappa shape index (κ2) is 7.25. The minimum Gasteiger partial charge on any atom is -0.355 e. The van der Waals surface area contributed by atoms with Gasteiger partial charge in [0.15, 0.2) is 0 Å². The molecule has 1 amide bonds. The molecule has 2 rings (SSSR count). The van der Waals surface area contributed by atoms with Crippen LogP contribution in [-0.4, -0.2) is 53.0 Å². The fourth-order valence-electron chi connectivity index (χ4n) is 3.16. The monoisotopic (exact) mass is 319 g/mol. The number of carbonyl (C=O) groups excluding carboxylic acids is 1. The molecule has 128 valence electrons. The summed E-state index contributed by atoms with van der Waals surface area (Å²) in [5.74, 6) is 1.04. The summed E-state index contributed by atoms with van der Waals surface area (Å²) in [6.07, 6.45) is 2.81. The maximum Gasteiger partial charge on any atom is 0.291 e. The van der Waals surface area contributed by atoms with Gasteiger partial charge in [-0.2, -0.15) is 0 Å². The molecule has 1 saturated heterocycles. The van der Waals surface area contributed by atoms with E-state index in [0.29, 0.717) is 0 Å². The van der Waals surface area contributed by atoms with Crippen LogP contribution in [0.1, 0.15) is 55.0 Å². The SMILES string of the molecule is CCC(CC)N(C)C(=O)c1nc(C)c(C)c(N2CC[C@@H](N)C2)n1. The Morgan fingerprint density at radius 1 is 1.35 bits per heavy atom. The number of carbonyl (C=O) groups is 1. The van der Waals surface area contributed by atoms with Gasteiger partial charge in [0.2, 0.25) is 5.82 Å². The molecule has 0 spiro atoms. The molecule has 0 bridgehead atoms. The molecule has 1 aliphatic heterocycles. The van der Waals surface area contributed by atoms with Gasteiger partial charge >= 0.3 is 0 Å². The molecule has 0 aromatic carbocycles. The highest BCUT2D eigenvalue weighted by Gasteiger charge is 2.26. The summed E-state index contributed by atoms with van der Waals surface area (Å²) in [6, 6.07) is 0.396. The van der Waals surface area contributed by atoms with Crippen molar-refractivity contribution in [2.24, 2.45) is 5.73 Å². The van der Waals surface area contributed by atoms with Crippen LogP contribution in [0.5, 0.6) is 0 Å². The second-order valence-corrected chi connectivity index (χ2v) is 6.46. The van der Waals surface area contributed by atoms with E-state index in [1.807, 2.05) is 20.9 Å². The van der Waals surface area contributed by atoms with E-state index in [0.717, 1.165) is 49.4 Å². The van der Waals surface area contributed by atoms with E-state index in [1.54, 1.807) is 4.90 Å². The number of aryl methyl sites for hydroxylation is 1. The van der Waals surface area contributed by atoms with E-state index in [1.165, 1.54) is 0 Å². The van der Waals surface area contributed by atoms with Crippen molar-refractivity contribution in [3.05, 3.63) is 17.1 Å². The van der Waals surface area contributed by atoms with Gasteiger partial charge in [0.25, 0.3) is 5.91 Å². The molecule has 1 fully saturated rings. The van der Waals surface area contributed by atoms with Crippen molar-refractivity contribution in [1.82, 2.24) is 14.9 Å². The first-order chi connectivity index (χ1) is 10.9. The molecule has 2 heterocycles. The molecule has 6 nitrogen and oxygen atoms in total. The van der Waals surface area contributed by atoms with Crippen molar-refractivity contribution in [3.8, 4) is 0 Å². The van der Waals surface area contributed by atoms with Gasteiger partial charge in [0.05, 0.1) is 0 Å². The van der Waals surface area contributed by atoms with Gasteiger partial charge in [0.1, 0.15) is 5.82 Å². The first-order valence-corrected chi connectivity index (χ1v) is 8.51. The maximum absolute atomic E-state index is 12.8. The maximum atomic E-state index is 12.8. The van der Waals surface area contributed by atoms with Gasteiger partial charge < -0.3 is 15.5 Å². The molecule has 2 N–H and O–H groups in total. The first-order valence-electron chi connectivity index (χ1n) is 8.51. The molecule has 1 aliphatic rings. The lowest BCUT2D eigenvalue weighted by molar-refractivity contribution is 0.0711. The van der Waals surface area contributed by atoms with Crippen LogP contribution in [0.3, 0.4) is 0 Å². The Bertz CT molecular complexity index is 570. The lowest BCUT2D eigenvalue weighted by Gasteiger charge is -2.26. The summed E-state index contributed by atoms with van der Waals surface area (Å²) in [5, 5.41) is 0.